The molecule has 0 aliphatic carbocycles. The van der Waals surface area contributed by atoms with E-state index >= 15 is 0 Å². The van der Waals surface area contributed by atoms with Crippen molar-refractivity contribution < 1.29 is 8.42 Å². The number of anilines is 1. The number of pyridine rings is 1. The lowest BCUT2D eigenvalue weighted by Gasteiger charge is -2.23. The molecule has 118 valence electrons. The summed E-state index contributed by atoms with van der Waals surface area (Å²) in [5, 5.41) is 3.07. The number of rotatable bonds is 4. The summed E-state index contributed by atoms with van der Waals surface area (Å²) in [6, 6.07) is 5.38. The lowest BCUT2D eigenvalue weighted by molar-refractivity contribution is 0.389. The predicted octanol–water partition coefficient (Wildman–Crippen LogP) is 1.38. The Bertz CT molecular complexity index is 771. The van der Waals surface area contributed by atoms with E-state index in [1.807, 2.05) is 18.2 Å². The van der Waals surface area contributed by atoms with Crippen LogP contribution in [-0.2, 0) is 17.1 Å². The van der Waals surface area contributed by atoms with Crippen molar-refractivity contribution in [3.05, 3.63) is 36.4 Å². The molecule has 1 aliphatic heterocycles. The molecule has 1 unspecified atom stereocenters. The smallest absolute Gasteiger partial charge is 0.262 e. The maximum Gasteiger partial charge on any atom is 0.262 e. The monoisotopic (exact) mass is 321 g/mol. The van der Waals surface area contributed by atoms with Crippen LogP contribution in [0.15, 0.2) is 35.7 Å². The number of nitrogens with zero attached hydrogens (tertiary/aromatic N) is 4. The van der Waals surface area contributed by atoms with E-state index in [1.165, 1.54) is 16.8 Å². The standard InChI is InChI=1S/C14H19N5O2S/c1-15-13-7-3-5-11(17-13)12-6-4-8-19(12)22(20,21)14-9-18(2)10-16-14/h3,5,7,9-10,12H,4,6,8H2,1-2H3,(H,15,17). The van der Waals surface area contributed by atoms with Crippen molar-refractivity contribution in [3.8, 4) is 0 Å². The van der Waals surface area contributed by atoms with Crippen molar-refractivity contribution in [2.24, 2.45) is 7.05 Å². The highest BCUT2D eigenvalue weighted by atomic mass is 32.2. The number of hydrogen-bond donors (Lipinski definition) is 1. The Labute approximate surface area is 130 Å². The van der Waals surface area contributed by atoms with Crippen LogP contribution in [0, 0.1) is 0 Å². The predicted molar refractivity (Wildman–Crippen MR) is 82.9 cm³/mol. The second kappa shape index (κ2) is 5.69. The molecule has 0 aromatic carbocycles. The number of aromatic nitrogens is 3. The number of nitrogens with one attached hydrogen (secondary N) is 1. The first-order chi connectivity index (χ1) is 10.5. The summed E-state index contributed by atoms with van der Waals surface area (Å²) in [5.41, 5.74) is 0.767. The Balaban J connectivity index is 1.96. The van der Waals surface area contributed by atoms with Gasteiger partial charge < -0.3 is 9.88 Å². The van der Waals surface area contributed by atoms with Gasteiger partial charge in [0.25, 0.3) is 10.0 Å². The Kier molecular flexibility index (Phi) is 3.88. The summed E-state index contributed by atoms with van der Waals surface area (Å²) in [7, 11) is -0.0436. The van der Waals surface area contributed by atoms with Gasteiger partial charge in [-0.3, -0.25) is 0 Å². The van der Waals surface area contributed by atoms with Gasteiger partial charge in [0.2, 0.25) is 0 Å². The molecule has 0 saturated carbocycles. The normalized spacial score (nSPS) is 19.5. The average Bonchev–Trinajstić information content (AvgIpc) is 3.16. The van der Waals surface area contributed by atoms with Gasteiger partial charge in [-0.25, -0.2) is 18.4 Å². The maximum atomic E-state index is 12.8. The number of hydrogen-bond acceptors (Lipinski definition) is 5. The molecule has 1 aliphatic rings. The van der Waals surface area contributed by atoms with E-state index in [1.54, 1.807) is 18.7 Å². The van der Waals surface area contributed by atoms with E-state index in [4.69, 9.17) is 0 Å². The van der Waals surface area contributed by atoms with Crippen LogP contribution in [0.3, 0.4) is 0 Å². The molecule has 3 rings (SSSR count). The minimum atomic E-state index is -3.59. The molecule has 1 fully saturated rings. The Morgan fingerprint density at radius 1 is 1.36 bits per heavy atom. The summed E-state index contributed by atoms with van der Waals surface area (Å²) >= 11 is 0. The Morgan fingerprint density at radius 2 is 2.18 bits per heavy atom. The molecule has 1 N–H and O–H groups in total. The molecule has 7 nitrogen and oxygen atoms in total. The van der Waals surface area contributed by atoms with Gasteiger partial charge in [0.1, 0.15) is 5.82 Å². The van der Waals surface area contributed by atoms with Crippen LogP contribution in [0.25, 0.3) is 0 Å². The van der Waals surface area contributed by atoms with Gasteiger partial charge >= 0.3 is 0 Å². The zero-order valence-corrected chi connectivity index (χ0v) is 13.4. The van der Waals surface area contributed by atoms with E-state index in [0.717, 1.165) is 24.4 Å². The number of aryl methyl sites for hydroxylation is 1. The Morgan fingerprint density at radius 3 is 2.86 bits per heavy atom. The highest BCUT2D eigenvalue weighted by molar-refractivity contribution is 7.89. The van der Waals surface area contributed by atoms with Crippen molar-refractivity contribution in [1.29, 1.82) is 0 Å². The third-order valence-electron chi connectivity index (χ3n) is 3.83. The molecule has 8 heteroatoms. The maximum absolute atomic E-state index is 12.8. The number of imidazole rings is 1. The summed E-state index contributed by atoms with van der Waals surface area (Å²) in [6.45, 7) is 0.495. The van der Waals surface area contributed by atoms with Crippen LogP contribution < -0.4 is 5.32 Å². The fourth-order valence-electron chi connectivity index (χ4n) is 2.74. The minimum absolute atomic E-state index is 0.0895. The van der Waals surface area contributed by atoms with Crippen molar-refractivity contribution >= 4 is 15.8 Å². The molecule has 1 atom stereocenters. The van der Waals surface area contributed by atoms with Gasteiger partial charge in [0.15, 0.2) is 5.03 Å². The molecule has 1 saturated heterocycles. The fraction of sp³-hybridized carbons (Fsp3) is 0.429. The molecule has 0 bridgehead atoms. The average molecular weight is 321 g/mol. The van der Waals surface area contributed by atoms with Crippen LogP contribution in [0.2, 0.25) is 0 Å². The topological polar surface area (TPSA) is 80.1 Å². The summed E-state index contributed by atoms with van der Waals surface area (Å²) < 4.78 is 28.7. The zero-order valence-electron chi connectivity index (χ0n) is 12.6. The second-order valence-corrected chi connectivity index (χ2v) is 7.19. The summed E-state index contributed by atoms with van der Waals surface area (Å²) in [5.74, 6) is 0.736. The first-order valence-corrected chi connectivity index (χ1v) is 8.61. The van der Waals surface area contributed by atoms with Crippen LogP contribution in [0.1, 0.15) is 24.6 Å². The van der Waals surface area contributed by atoms with E-state index < -0.39 is 10.0 Å². The molecular weight excluding hydrogens is 302 g/mol. The second-order valence-electron chi connectivity index (χ2n) is 5.35. The zero-order chi connectivity index (χ0) is 15.7. The molecule has 2 aromatic heterocycles. The summed E-state index contributed by atoms with van der Waals surface area (Å²) in [6.07, 6.45) is 4.62. The molecule has 0 amide bonds. The lowest BCUT2D eigenvalue weighted by atomic mass is 10.1. The van der Waals surface area contributed by atoms with Gasteiger partial charge in [0.05, 0.1) is 18.1 Å². The minimum Gasteiger partial charge on any atom is -0.373 e. The first kappa shape index (κ1) is 15.0. The van der Waals surface area contributed by atoms with Gasteiger partial charge in [0, 0.05) is 26.8 Å². The molecule has 0 spiro atoms. The van der Waals surface area contributed by atoms with Gasteiger partial charge in [-0.05, 0) is 25.0 Å². The quantitative estimate of drug-likeness (QED) is 0.920. The molecule has 3 heterocycles. The van der Waals surface area contributed by atoms with E-state index in [0.29, 0.717) is 6.54 Å². The van der Waals surface area contributed by atoms with Crippen molar-refractivity contribution in [2.75, 3.05) is 18.9 Å². The summed E-state index contributed by atoms with van der Waals surface area (Å²) in [4.78, 5) is 8.49. The Hall–Kier alpha value is -1.93. The van der Waals surface area contributed by atoms with E-state index in [-0.39, 0.29) is 11.1 Å². The molecule has 2 aromatic rings. The van der Waals surface area contributed by atoms with Gasteiger partial charge in [-0.1, -0.05) is 6.07 Å². The first-order valence-electron chi connectivity index (χ1n) is 7.17. The third kappa shape index (κ3) is 2.59. The molecule has 22 heavy (non-hydrogen) atoms. The molecular formula is C14H19N5O2S. The largest absolute Gasteiger partial charge is 0.373 e. The van der Waals surface area contributed by atoms with Crippen molar-refractivity contribution in [2.45, 2.75) is 23.9 Å². The van der Waals surface area contributed by atoms with Crippen LogP contribution in [0.5, 0.6) is 0 Å². The van der Waals surface area contributed by atoms with E-state index in [9.17, 15) is 8.42 Å². The highest BCUT2D eigenvalue weighted by Crippen LogP contribution is 2.35. The van der Waals surface area contributed by atoms with Crippen molar-refractivity contribution in [1.82, 2.24) is 18.8 Å². The van der Waals surface area contributed by atoms with Gasteiger partial charge in [-0.2, -0.15) is 4.31 Å². The lowest BCUT2D eigenvalue weighted by Crippen LogP contribution is -2.31. The molecule has 0 radical (unpaired) electrons. The number of sulfonamides is 1. The third-order valence-corrected chi connectivity index (χ3v) is 5.62. The van der Waals surface area contributed by atoms with Crippen LogP contribution in [-0.4, -0.2) is 40.9 Å². The fourth-order valence-corrected chi connectivity index (χ4v) is 4.38. The van der Waals surface area contributed by atoms with Crippen molar-refractivity contribution in [3.63, 3.8) is 0 Å². The van der Waals surface area contributed by atoms with Gasteiger partial charge in [-0.15, -0.1) is 0 Å². The van der Waals surface area contributed by atoms with E-state index in [2.05, 4.69) is 15.3 Å². The van der Waals surface area contributed by atoms with Crippen LogP contribution >= 0.6 is 0 Å². The van der Waals surface area contributed by atoms with Crippen LogP contribution in [0.4, 0.5) is 5.82 Å². The SMILES string of the molecule is CNc1cccc(C2CCCN2S(=O)(=O)c2cn(C)cn2)n1. The highest BCUT2D eigenvalue weighted by Gasteiger charge is 2.38.